The zero-order chi connectivity index (χ0) is 16.4. The van der Waals surface area contributed by atoms with Crippen LogP contribution in [0.15, 0.2) is 27.9 Å². The minimum absolute atomic E-state index is 0.418. The Labute approximate surface area is 137 Å². The number of aromatic amines is 1. The number of allylic oxidation sites excluding steroid dienone is 1. The van der Waals surface area contributed by atoms with Crippen LogP contribution < -0.4 is 5.84 Å². The summed E-state index contributed by atoms with van der Waals surface area (Å²) in [7, 11) is 4.29. The lowest BCUT2D eigenvalue weighted by Crippen LogP contribution is -2.32. The van der Waals surface area contributed by atoms with Gasteiger partial charge in [0.05, 0.1) is 11.4 Å². The molecular formula is C17H26N6. The smallest absolute Gasteiger partial charge is 0.141 e. The van der Waals surface area contributed by atoms with Crippen molar-refractivity contribution in [3.63, 3.8) is 0 Å². The maximum absolute atomic E-state index is 6.15. The van der Waals surface area contributed by atoms with Gasteiger partial charge in [0.1, 0.15) is 12.2 Å². The number of H-pyrrole nitrogens is 1. The van der Waals surface area contributed by atoms with Crippen molar-refractivity contribution >= 4 is 24.6 Å². The van der Waals surface area contributed by atoms with Gasteiger partial charge in [0, 0.05) is 24.2 Å². The molecule has 3 N–H and O–H groups in total. The predicted molar refractivity (Wildman–Crippen MR) is 95.4 cm³/mol. The average Bonchev–Trinajstić information content (AvgIpc) is 2.99. The summed E-state index contributed by atoms with van der Waals surface area (Å²) >= 11 is 0. The van der Waals surface area contributed by atoms with Crippen LogP contribution in [0.2, 0.25) is 0 Å². The summed E-state index contributed by atoms with van der Waals surface area (Å²) in [5.74, 6) is 8.18. The summed E-state index contributed by atoms with van der Waals surface area (Å²) in [4.78, 5) is 14.1. The molecule has 0 amide bonds. The van der Waals surface area contributed by atoms with Crippen LogP contribution >= 0.6 is 0 Å². The average molecular weight is 314 g/mol. The molecule has 2 heterocycles. The third-order valence-electron chi connectivity index (χ3n) is 4.82. The van der Waals surface area contributed by atoms with Gasteiger partial charge in [-0.05, 0) is 58.5 Å². The first-order chi connectivity index (χ1) is 11.1. The van der Waals surface area contributed by atoms with Crippen LogP contribution in [-0.4, -0.2) is 48.6 Å². The number of aliphatic imine (C=N–C) groups is 2. The Kier molecular flexibility index (Phi) is 4.63. The molecule has 23 heavy (non-hydrogen) atoms. The van der Waals surface area contributed by atoms with Crippen LogP contribution in [-0.2, 0) is 0 Å². The first kappa shape index (κ1) is 16.0. The predicted octanol–water partition coefficient (Wildman–Crippen LogP) is 2.60. The Morgan fingerprint density at radius 2 is 2.17 bits per heavy atom. The van der Waals surface area contributed by atoms with Crippen molar-refractivity contribution in [2.24, 2.45) is 27.7 Å². The van der Waals surface area contributed by atoms with Crippen LogP contribution in [0.5, 0.6) is 0 Å². The van der Waals surface area contributed by atoms with Crippen molar-refractivity contribution in [1.29, 1.82) is 0 Å². The van der Waals surface area contributed by atoms with E-state index in [0.717, 1.165) is 48.1 Å². The molecule has 1 aliphatic heterocycles. The highest BCUT2D eigenvalue weighted by atomic mass is 15.4. The van der Waals surface area contributed by atoms with Crippen molar-refractivity contribution in [1.82, 2.24) is 14.9 Å². The highest BCUT2D eigenvalue weighted by Gasteiger charge is 2.29. The topological polar surface area (TPSA) is 73.0 Å². The maximum Gasteiger partial charge on any atom is 0.141 e. The Morgan fingerprint density at radius 3 is 2.83 bits per heavy atom. The normalized spacial score (nSPS) is 26.3. The number of nitrogens with zero attached hydrogens (tertiary/aromatic N) is 4. The molecular weight excluding hydrogens is 288 g/mol. The summed E-state index contributed by atoms with van der Waals surface area (Å²) < 4.78 is 0. The van der Waals surface area contributed by atoms with Crippen molar-refractivity contribution in [3.8, 4) is 0 Å². The number of nitrogens with one attached hydrogen (secondary N) is 1. The van der Waals surface area contributed by atoms with E-state index in [9.17, 15) is 0 Å². The number of aromatic nitrogens is 1. The van der Waals surface area contributed by atoms with E-state index in [1.807, 2.05) is 12.3 Å². The molecule has 0 bridgehead atoms. The fraction of sp³-hybridized carbons (Fsp3) is 0.529. The molecule has 6 nitrogen and oxygen atoms in total. The van der Waals surface area contributed by atoms with E-state index in [1.54, 1.807) is 11.3 Å². The zero-order valence-corrected chi connectivity index (χ0v) is 14.0. The van der Waals surface area contributed by atoms with Gasteiger partial charge in [-0.15, -0.1) is 0 Å². The Hall–Kier alpha value is -1.92. The van der Waals surface area contributed by atoms with Crippen LogP contribution in [0.1, 0.15) is 31.2 Å². The van der Waals surface area contributed by atoms with E-state index >= 15 is 0 Å². The zero-order valence-electron chi connectivity index (χ0n) is 14.0. The Bertz CT molecular complexity index is 619. The molecule has 1 aromatic heterocycles. The molecule has 0 atom stereocenters. The van der Waals surface area contributed by atoms with Crippen molar-refractivity contribution in [3.05, 3.63) is 23.5 Å². The third-order valence-corrected chi connectivity index (χ3v) is 4.82. The summed E-state index contributed by atoms with van der Waals surface area (Å²) in [6.45, 7) is 4.98. The SMILES string of the molecule is C=N/C(=C1/c2cc[nH]c2N=CN1N)[C@H]1CC[C@H](CN(C)C)CC1. The van der Waals surface area contributed by atoms with Gasteiger partial charge < -0.3 is 9.88 Å². The molecule has 3 rings (SSSR count). The van der Waals surface area contributed by atoms with Crippen LogP contribution in [0.25, 0.3) is 5.70 Å². The van der Waals surface area contributed by atoms with Gasteiger partial charge >= 0.3 is 0 Å². The quantitative estimate of drug-likeness (QED) is 0.663. The van der Waals surface area contributed by atoms with Crippen LogP contribution in [0, 0.1) is 11.8 Å². The van der Waals surface area contributed by atoms with Gasteiger partial charge in [0.2, 0.25) is 0 Å². The Balaban J connectivity index is 1.83. The molecule has 0 aromatic carbocycles. The lowest BCUT2D eigenvalue weighted by Gasteiger charge is -2.32. The highest BCUT2D eigenvalue weighted by Crippen LogP contribution is 2.40. The lowest BCUT2D eigenvalue weighted by atomic mass is 9.79. The standard InChI is InChI=1S/C17H26N6/c1-19-15(13-6-4-12(5-7-13)10-22(2)3)16-14-8-9-20-17(14)21-11-23(16)18/h8-9,11-13,20H,1,4-7,10,18H2,2-3H3/b16-15-/t12-,13-. The van der Waals surface area contributed by atoms with E-state index in [1.165, 1.54) is 12.8 Å². The van der Waals surface area contributed by atoms with Crippen LogP contribution in [0.4, 0.5) is 5.82 Å². The van der Waals surface area contributed by atoms with Gasteiger partial charge in [0.15, 0.2) is 0 Å². The van der Waals surface area contributed by atoms with Crippen molar-refractivity contribution in [2.45, 2.75) is 25.7 Å². The second kappa shape index (κ2) is 6.68. The number of nitrogens with two attached hydrogens (primary N) is 1. The first-order valence-corrected chi connectivity index (χ1v) is 8.21. The molecule has 1 saturated carbocycles. The summed E-state index contributed by atoms with van der Waals surface area (Å²) in [5.41, 5.74) is 2.94. The third kappa shape index (κ3) is 3.23. The fourth-order valence-corrected chi connectivity index (χ4v) is 3.78. The summed E-state index contributed by atoms with van der Waals surface area (Å²) in [6.07, 6.45) is 8.26. The molecule has 0 saturated heterocycles. The van der Waals surface area contributed by atoms with Crippen molar-refractivity contribution < 1.29 is 0 Å². The molecule has 124 valence electrons. The lowest BCUT2D eigenvalue weighted by molar-refractivity contribution is 0.236. The largest absolute Gasteiger partial charge is 0.346 e. The molecule has 0 radical (unpaired) electrons. The maximum atomic E-state index is 6.15. The molecule has 1 aromatic rings. The number of hydrogen-bond acceptors (Lipinski definition) is 5. The van der Waals surface area contributed by atoms with Crippen molar-refractivity contribution in [2.75, 3.05) is 20.6 Å². The van der Waals surface area contributed by atoms with E-state index in [-0.39, 0.29) is 0 Å². The van der Waals surface area contributed by atoms with E-state index in [4.69, 9.17) is 5.84 Å². The number of hydrogen-bond donors (Lipinski definition) is 2. The van der Waals surface area contributed by atoms with Gasteiger partial charge in [-0.1, -0.05) is 0 Å². The molecule has 1 fully saturated rings. The molecule has 1 aliphatic carbocycles. The van der Waals surface area contributed by atoms with Gasteiger partial charge in [-0.3, -0.25) is 10.0 Å². The highest BCUT2D eigenvalue weighted by molar-refractivity contribution is 5.87. The van der Waals surface area contributed by atoms with E-state index in [0.29, 0.717) is 5.92 Å². The summed E-state index contributed by atoms with van der Waals surface area (Å²) in [6, 6.07) is 2.00. The Morgan fingerprint density at radius 1 is 1.43 bits per heavy atom. The monoisotopic (exact) mass is 314 g/mol. The second-order valence-electron chi connectivity index (χ2n) is 6.76. The number of rotatable bonds is 4. The summed E-state index contributed by atoms with van der Waals surface area (Å²) in [5, 5.41) is 1.58. The molecule has 6 heteroatoms. The van der Waals surface area contributed by atoms with Crippen LogP contribution in [0.3, 0.4) is 0 Å². The van der Waals surface area contributed by atoms with E-state index < -0.39 is 0 Å². The minimum atomic E-state index is 0.418. The number of hydrazine groups is 1. The second-order valence-corrected chi connectivity index (χ2v) is 6.76. The van der Waals surface area contributed by atoms with E-state index in [2.05, 4.69) is 40.7 Å². The van der Waals surface area contributed by atoms with Gasteiger partial charge in [-0.2, -0.15) is 0 Å². The first-order valence-electron chi connectivity index (χ1n) is 8.21. The number of fused-ring (bicyclic) bond motifs is 1. The van der Waals surface area contributed by atoms with Gasteiger partial charge in [-0.25, -0.2) is 10.8 Å². The van der Waals surface area contributed by atoms with Gasteiger partial charge in [0.25, 0.3) is 0 Å². The minimum Gasteiger partial charge on any atom is -0.346 e. The fourth-order valence-electron chi connectivity index (χ4n) is 3.78. The molecule has 2 aliphatic rings. The molecule has 0 unspecified atom stereocenters. The molecule has 0 spiro atoms.